The van der Waals surface area contributed by atoms with Crippen molar-refractivity contribution >= 4 is 79.9 Å². The van der Waals surface area contributed by atoms with Gasteiger partial charge >= 0.3 is 0 Å². The number of fused-ring (bicyclic) bond motifs is 1. The van der Waals surface area contributed by atoms with Gasteiger partial charge in [0.1, 0.15) is 11.5 Å². The lowest BCUT2D eigenvalue weighted by Gasteiger charge is -2.16. The van der Waals surface area contributed by atoms with Crippen LogP contribution in [0.1, 0.15) is 5.56 Å². The number of thiocarbonyl (C=S) groups is 1. The minimum absolute atomic E-state index is 0.159. The third kappa shape index (κ3) is 4.62. The number of hydrogen-bond acceptors (Lipinski definition) is 7. The number of thioether (sulfide) groups is 1. The van der Waals surface area contributed by atoms with E-state index in [1.807, 2.05) is 30.3 Å². The van der Waals surface area contributed by atoms with Crippen LogP contribution in [0.3, 0.4) is 0 Å². The zero-order chi connectivity index (χ0) is 25.4. The highest BCUT2D eigenvalue weighted by Crippen LogP contribution is 2.41. The maximum absolute atomic E-state index is 14.3. The van der Waals surface area contributed by atoms with Gasteiger partial charge in [0.2, 0.25) is 11.1 Å². The summed E-state index contributed by atoms with van der Waals surface area (Å²) in [5.74, 6) is -0.681. The number of amides is 1. The van der Waals surface area contributed by atoms with Crippen molar-refractivity contribution in [2.75, 3.05) is 12.0 Å². The van der Waals surface area contributed by atoms with Crippen LogP contribution >= 0.6 is 47.2 Å². The molecule has 0 N–H and O–H groups in total. The number of hydrogen-bond donors (Lipinski definition) is 0. The molecule has 3 aromatic carbocycles. The third-order valence-electron chi connectivity index (χ3n) is 5.28. The molecule has 36 heavy (non-hydrogen) atoms. The van der Waals surface area contributed by atoms with Crippen molar-refractivity contribution in [3.8, 4) is 17.4 Å². The van der Waals surface area contributed by atoms with Gasteiger partial charge in [-0.05, 0) is 52.7 Å². The largest absolute Gasteiger partial charge is 0.495 e. The van der Waals surface area contributed by atoms with E-state index in [2.05, 4.69) is 9.97 Å². The number of carbonyl (C=O) groups excluding carboxylic acids is 1. The van der Waals surface area contributed by atoms with Crippen LogP contribution < -0.4 is 14.4 Å². The number of carbonyl (C=O) groups is 1. The molecule has 1 fully saturated rings. The fourth-order valence-electron chi connectivity index (χ4n) is 3.64. The van der Waals surface area contributed by atoms with E-state index in [4.69, 9.17) is 44.9 Å². The Kier molecular flexibility index (Phi) is 6.81. The summed E-state index contributed by atoms with van der Waals surface area (Å²) in [7, 11) is 1.51. The molecule has 1 aromatic heterocycles. The molecule has 0 radical (unpaired) electrons. The Morgan fingerprint density at radius 3 is 2.67 bits per heavy atom. The van der Waals surface area contributed by atoms with Gasteiger partial charge in [0.15, 0.2) is 4.32 Å². The third-order valence-corrected chi connectivity index (χ3v) is 7.06. The van der Waals surface area contributed by atoms with Crippen molar-refractivity contribution in [2.24, 2.45) is 0 Å². The summed E-state index contributed by atoms with van der Waals surface area (Å²) in [4.78, 5) is 22.6. The van der Waals surface area contributed by atoms with Crippen molar-refractivity contribution in [2.45, 2.75) is 0 Å². The molecule has 0 saturated carbocycles. The fourth-order valence-corrected chi connectivity index (χ4v) is 5.29. The number of methoxy groups -OCH3 is 1. The molecule has 1 aliphatic heterocycles. The summed E-state index contributed by atoms with van der Waals surface area (Å²) in [6, 6.07) is 16.0. The number of nitrogens with zero attached hydrogens (tertiary/aromatic N) is 3. The van der Waals surface area contributed by atoms with Crippen LogP contribution in [-0.4, -0.2) is 27.3 Å². The Morgan fingerprint density at radius 2 is 1.89 bits per heavy atom. The van der Waals surface area contributed by atoms with E-state index in [0.717, 1.165) is 28.7 Å². The van der Waals surface area contributed by atoms with E-state index < -0.39 is 5.82 Å². The first-order valence-corrected chi connectivity index (χ1v) is 12.3. The second kappa shape index (κ2) is 10.0. The van der Waals surface area contributed by atoms with E-state index in [0.29, 0.717) is 31.2 Å². The lowest BCUT2D eigenvalue weighted by molar-refractivity contribution is -0.113. The number of rotatable bonds is 5. The molecule has 2 heterocycles. The molecular formula is C25H14Cl2FN3O3S2. The smallest absolute Gasteiger partial charge is 0.270 e. The van der Waals surface area contributed by atoms with Crippen LogP contribution in [0.5, 0.6) is 17.4 Å². The van der Waals surface area contributed by atoms with Gasteiger partial charge in [-0.2, -0.15) is 9.37 Å². The Morgan fingerprint density at radius 1 is 1.11 bits per heavy atom. The number of benzene rings is 3. The van der Waals surface area contributed by atoms with E-state index in [-0.39, 0.29) is 22.8 Å². The maximum Gasteiger partial charge on any atom is 0.270 e. The predicted molar refractivity (Wildman–Crippen MR) is 145 cm³/mol. The van der Waals surface area contributed by atoms with Gasteiger partial charge in [-0.15, -0.1) is 0 Å². The number of anilines is 1. The van der Waals surface area contributed by atoms with Gasteiger partial charge in [-0.3, -0.25) is 9.69 Å². The summed E-state index contributed by atoms with van der Waals surface area (Å²) in [5.41, 5.74) is 1.06. The minimum atomic E-state index is -0.777. The first-order chi connectivity index (χ1) is 17.4. The van der Waals surface area contributed by atoms with Crippen molar-refractivity contribution in [1.82, 2.24) is 9.97 Å². The Bertz CT molecular complexity index is 1580. The molecule has 180 valence electrons. The van der Waals surface area contributed by atoms with Gasteiger partial charge in [-0.25, -0.2) is 4.98 Å². The Hall–Kier alpha value is -3.24. The van der Waals surface area contributed by atoms with Crippen molar-refractivity contribution in [1.29, 1.82) is 0 Å². The molecule has 1 saturated heterocycles. The molecule has 6 nitrogen and oxygen atoms in total. The predicted octanol–water partition coefficient (Wildman–Crippen LogP) is 7.28. The van der Waals surface area contributed by atoms with Crippen LogP contribution in [0.2, 0.25) is 10.3 Å². The standard InChI is InChI=1S/C25H14Cl2FN3O3S2/c1-33-20-9-7-14(10-17(20)26)31-23(32)21(36-25(31)35)11-16-15-5-3-2-4-13(15)6-8-19(16)34-22-18(28)12-29-24(27)30-22/h2-12H,1H3/b21-11+. The number of ether oxygens (including phenoxy) is 2. The second-order valence-electron chi connectivity index (χ2n) is 7.43. The van der Waals surface area contributed by atoms with Gasteiger partial charge in [0.25, 0.3) is 11.8 Å². The van der Waals surface area contributed by atoms with Crippen LogP contribution in [0, 0.1) is 5.82 Å². The Labute approximate surface area is 224 Å². The highest BCUT2D eigenvalue weighted by atomic mass is 35.5. The maximum atomic E-state index is 14.3. The van der Waals surface area contributed by atoms with Crippen LogP contribution in [-0.2, 0) is 4.79 Å². The van der Waals surface area contributed by atoms with Crippen LogP contribution in [0.4, 0.5) is 10.1 Å². The number of halogens is 3. The highest BCUT2D eigenvalue weighted by molar-refractivity contribution is 8.27. The van der Waals surface area contributed by atoms with E-state index in [9.17, 15) is 9.18 Å². The first-order valence-electron chi connectivity index (χ1n) is 10.3. The van der Waals surface area contributed by atoms with Crippen molar-refractivity contribution in [3.63, 3.8) is 0 Å². The molecule has 0 unspecified atom stereocenters. The summed E-state index contributed by atoms with van der Waals surface area (Å²) in [5, 5.41) is 1.87. The molecule has 1 amide bonds. The molecule has 1 aliphatic rings. The topological polar surface area (TPSA) is 64.5 Å². The summed E-state index contributed by atoms with van der Waals surface area (Å²) < 4.78 is 25.6. The van der Waals surface area contributed by atoms with Gasteiger partial charge in [0.05, 0.1) is 28.9 Å². The zero-order valence-corrected chi connectivity index (χ0v) is 21.5. The molecule has 4 aromatic rings. The molecule has 0 bridgehead atoms. The quantitative estimate of drug-likeness (QED) is 0.145. The first kappa shape index (κ1) is 24.5. The molecule has 11 heteroatoms. The summed E-state index contributed by atoms with van der Waals surface area (Å²) in [6.07, 6.45) is 2.60. The van der Waals surface area contributed by atoms with E-state index in [1.165, 1.54) is 12.0 Å². The molecule has 5 rings (SSSR count). The van der Waals surface area contributed by atoms with Crippen LogP contribution in [0.15, 0.2) is 65.7 Å². The second-order valence-corrected chi connectivity index (χ2v) is 9.85. The monoisotopic (exact) mass is 557 g/mol. The summed E-state index contributed by atoms with van der Waals surface area (Å²) >= 11 is 18.7. The lowest BCUT2D eigenvalue weighted by atomic mass is 10.0. The highest BCUT2D eigenvalue weighted by Gasteiger charge is 2.34. The number of aromatic nitrogens is 2. The lowest BCUT2D eigenvalue weighted by Crippen LogP contribution is -2.27. The summed E-state index contributed by atoms with van der Waals surface area (Å²) in [6.45, 7) is 0. The Balaban J connectivity index is 1.59. The van der Waals surface area contributed by atoms with E-state index in [1.54, 1.807) is 30.3 Å². The normalized spacial score (nSPS) is 14.7. The molecule has 0 atom stereocenters. The van der Waals surface area contributed by atoms with Gasteiger partial charge in [-0.1, -0.05) is 65.9 Å². The van der Waals surface area contributed by atoms with Crippen molar-refractivity contribution < 1.29 is 18.7 Å². The SMILES string of the molecule is COc1ccc(N2C(=O)/C(=C\c3c(Oc4nc(Cl)ncc4F)ccc4ccccc34)SC2=S)cc1Cl. The average Bonchev–Trinajstić information content (AvgIpc) is 3.15. The zero-order valence-electron chi connectivity index (χ0n) is 18.4. The van der Waals surface area contributed by atoms with Gasteiger partial charge in [0, 0.05) is 5.56 Å². The molecular weight excluding hydrogens is 544 g/mol. The molecule has 0 aliphatic carbocycles. The average molecular weight is 558 g/mol. The minimum Gasteiger partial charge on any atom is -0.495 e. The van der Waals surface area contributed by atoms with Gasteiger partial charge < -0.3 is 9.47 Å². The fraction of sp³-hybridized carbons (Fsp3) is 0.0400. The molecule has 0 spiro atoms. The van der Waals surface area contributed by atoms with E-state index >= 15 is 0 Å². The van der Waals surface area contributed by atoms with Crippen molar-refractivity contribution in [3.05, 3.63) is 87.4 Å². The van der Waals surface area contributed by atoms with Crippen LogP contribution in [0.25, 0.3) is 16.8 Å².